The summed E-state index contributed by atoms with van der Waals surface area (Å²) >= 11 is 2.28. The van der Waals surface area contributed by atoms with E-state index in [1.54, 1.807) is 0 Å². The molecular weight excluding hydrogens is 689 g/mol. The number of likely N-dealkylation sites (tertiary alicyclic amines) is 1. The molecule has 1 unspecified atom stereocenters. The topological polar surface area (TPSA) is 87.7 Å². The van der Waals surface area contributed by atoms with Crippen LogP contribution in [-0.4, -0.2) is 35.2 Å². The molecule has 3 atom stereocenters. The molecule has 1 heterocycles. The molecule has 1 aliphatic rings. The fraction of sp³-hybridized carbons (Fsp3) is 0.447. The van der Waals surface area contributed by atoms with Gasteiger partial charge in [0.05, 0.1) is 5.92 Å². The van der Waals surface area contributed by atoms with Gasteiger partial charge in [0, 0.05) is 22.6 Å². The van der Waals surface area contributed by atoms with Gasteiger partial charge in [0.1, 0.15) is 11.6 Å². The van der Waals surface area contributed by atoms with Crippen LogP contribution in [0, 0.1) is 21.3 Å². The van der Waals surface area contributed by atoms with Crippen molar-refractivity contribution in [1.29, 1.82) is 0 Å². The molecule has 8 heteroatoms. The number of nitrogens with one attached hydrogen (secondary N) is 2. The van der Waals surface area contributed by atoms with Crippen molar-refractivity contribution >= 4 is 40.3 Å². The predicted octanol–water partition coefficient (Wildman–Crippen LogP) is 7.38. The van der Waals surface area contributed by atoms with Crippen LogP contribution in [0.2, 0.25) is 0 Å². The lowest BCUT2D eigenvalue weighted by atomic mass is 9.81. The summed E-state index contributed by atoms with van der Waals surface area (Å²) in [5, 5.41) is 3.11. The van der Waals surface area contributed by atoms with Gasteiger partial charge >= 0.3 is 0 Å². The fourth-order valence-corrected chi connectivity index (χ4v) is 6.95. The summed E-state index contributed by atoms with van der Waals surface area (Å²) in [7, 11) is 0. The SMILES string of the molecule is CCC[C@H](C(=O)NOC(C)(c1ccccc1)c1ccccc1)C(CC(C)C)C(=O)N[C@H]1CCCCN(Cc2cccc(I)c2)C1=O. The molecule has 0 aliphatic carbocycles. The van der Waals surface area contributed by atoms with Crippen LogP contribution in [0.1, 0.15) is 82.9 Å². The van der Waals surface area contributed by atoms with E-state index < -0.39 is 23.5 Å². The molecule has 46 heavy (non-hydrogen) atoms. The van der Waals surface area contributed by atoms with Crippen molar-refractivity contribution in [3.05, 3.63) is 105 Å². The van der Waals surface area contributed by atoms with Gasteiger partial charge in [0.25, 0.3) is 0 Å². The Morgan fingerprint density at radius 1 is 0.935 bits per heavy atom. The third-order valence-electron chi connectivity index (χ3n) is 8.85. The highest BCUT2D eigenvalue weighted by Gasteiger charge is 2.38. The van der Waals surface area contributed by atoms with Gasteiger partial charge < -0.3 is 10.2 Å². The van der Waals surface area contributed by atoms with Crippen LogP contribution in [0.5, 0.6) is 0 Å². The molecule has 2 N–H and O–H groups in total. The number of carbonyl (C=O) groups is 3. The maximum Gasteiger partial charge on any atom is 0.247 e. The van der Waals surface area contributed by atoms with E-state index >= 15 is 0 Å². The highest BCUT2D eigenvalue weighted by Crippen LogP contribution is 2.33. The summed E-state index contributed by atoms with van der Waals surface area (Å²) in [6, 6.07) is 27.1. The van der Waals surface area contributed by atoms with Crippen molar-refractivity contribution in [3.8, 4) is 0 Å². The van der Waals surface area contributed by atoms with Crippen molar-refractivity contribution in [2.45, 2.75) is 84.4 Å². The molecule has 3 aromatic rings. The zero-order valence-electron chi connectivity index (χ0n) is 27.5. The maximum absolute atomic E-state index is 14.1. The molecule has 0 bridgehead atoms. The molecule has 3 aromatic carbocycles. The van der Waals surface area contributed by atoms with Crippen molar-refractivity contribution in [2.24, 2.45) is 17.8 Å². The monoisotopic (exact) mass is 737 g/mol. The number of halogens is 1. The van der Waals surface area contributed by atoms with E-state index in [1.807, 2.05) is 97.6 Å². The van der Waals surface area contributed by atoms with Crippen LogP contribution < -0.4 is 10.8 Å². The van der Waals surface area contributed by atoms with Gasteiger partial charge in [-0.3, -0.25) is 19.2 Å². The van der Waals surface area contributed by atoms with Gasteiger partial charge in [-0.25, -0.2) is 5.48 Å². The summed E-state index contributed by atoms with van der Waals surface area (Å²) in [5.74, 6) is -1.69. The van der Waals surface area contributed by atoms with E-state index in [0.29, 0.717) is 32.4 Å². The molecule has 1 saturated heterocycles. The molecular formula is C38H48IN3O4. The molecule has 0 spiro atoms. The Balaban J connectivity index is 1.52. The highest BCUT2D eigenvalue weighted by molar-refractivity contribution is 14.1. The first-order valence-corrected chi connectivity index (χ1v) is 17.6. The summed E-state index contributed by atoms with van der Waals surface area (Å²) in [5.41, 5.74) is 4.70. The number of hydrogen-bond acceptors (Lipinski definition) is 4. The summed E-state index contributed by atoms with van der Waals surface area (Å²) < 4.78 is 1.12. The lowest BCUT2D eigenvalue weighted by Crippen LogP contribution is -2.51. The Morgan fingerprint density at radius 3 is 2.17 bits per heavy atom. The van der Waals surface area contributed by atoms with E-state index in [4.69, 9.17) is 4.84 Å². The van der Waals surface area contributed by atoms with Crippen molar-refractivity contribution < 1.29 is 19.2 Å². The van der Waals surface area contributed by atoms with Crippen LogP contribution in [0.4, 0.5) is 0 Å². The molecule has 4 rings (SSSR count). The van der Waals surface area contributed by atoms with Crippen molar-refractivity contribution in [3.63, 3.8) is 0 Å². The quantitative estimate of drug-likeness (QED) is 0.134. The normalized spacial score (nSPS) is 16.9. The largest absolute Gasteiger partial charge is 0.344 e. The van der Waals surface area contributed by atoms with Crippen molar-refractivity contribution in [2.75, 3.05) is 6.54 Å². The zero-order valence-corrected chi connectivity index (χ0v) is 29.7. The van der Waals surface area contributed by atoms with Gasteiger partial charge in [-0.05, 0) is 96.4 Å². The van der Waals surface area contributed by atoms with Gasteiger partial charge in [0.2, 0.25) is 17.7 Å². The van der Waals surface area contributed by atoms with E-state index in [2.05, 4.69) is 53.3 Å². The average molecular weight is 738 g/mol. The molecule has 0 radical (unpaired) electrons. The Labute approximate surface area is 288 Å². The van der Waals surface area contributed by atoms with Crippen LogP contribution in [0.3, 0.4) is 0 Å². The van der Waals surface area contributed by atoms with E-state index in [1.165, 1.54) is 0 Å². The van der Waals surface area contributed by atoms with E-state index in [-0.39, 0.29) is 23.6 Å². The standard InChI is InChI=1S/C38H48IN3O4/c1-5-15-32(36(44)41-46-38(4,29-17-8-6-9-18-29)30-19-10-7-11-20-30)33(24-27(2)3)35(43)40-34-22-12-13-23-42(37(34)45)26-28-16-14-21-31(39)25-28/h6-11,14,16-21,25,27,32-34H,5,12-13,15,22-24,26H2,1-4H3,(H,40,43)(H,41,44)/t32-,33?,34-/m0/s1. The molecule has 7 nitrogen and oxygen atoms in total. The molecule has 0 saturated carbocycles. The minimum Gasteiger partial charge on any atom is -0.344 e. The number of amides is 3. The first-order chi connectivity index (χ1) is 22.1. The predicted molar refractivity (Wildman–Crippen MR) is 190 cm³/mol. The Kier molecular flexibility index (Phi) is 13.2. The smallest absolute Gasteiger partial charge is 0.247 e. The summed E-state index contributed by atoms with van der Waals surface area (Å²) in [6.45, 7) is 9.23. The molecule has 246 valence electrons. The first kappa shape index (κ1) is 35.6. The number of benzene rings is 3. The Bertz CT molecular complexity index is 1390. The minimum absolute atomic E-state index is 0.0608. The van der Waals surface area contributed by atoms with Gasteiger partial charge in [-0.2, -0.15) is 0 Å². The van der Waals surface area contributed by atoms with Gasteiger partial charge in [-0.15, -0.1) is 0 Å². The highest BCUT2D eigenvalue weighted by atomic mass is 127. The molecule has 1 aliphatic heterocycles. The minimum atomic E-state index is -0.947. The third kappa shape index (κ3) is 9.41. The average Bonchev–Trinajstić information content (AvgIpc) is 3.22. The molecule has 1 fully saturated rings. The lowest BCUT2D eigenvalue weighted by molar-refractivity contribution is -0.155. The summed E-state index contributed by atoms with van der Waals surface area (Å²) in [4.78, 5) is 49.9. The Morgan fingerprint density at radius 2 is 1.59 bits per heavy atom. The van der Waals surface area contributed by atoms with E-state index in [9.17, 15) is 14.4 Å². The second-order valence-electron chi connectivity index (χ2n) is 12.9. The van der Waals surface area contributed by atoms with Crippen LogP contribution in [-0.2, 0) is 31.4 Å². The maximum atomic E-state index is 14.1. The lowest BCUT2D eigenvalue weighted by Gasteiger charge is -2.33. The second-order valence-corrected chi connectivity index (χ2v) is 14.2. The summed E-state index contributed by atoms with van der Waals surface area (Å²) in [6.07, 6.45) is 4.08. The van der Waals surface area contributed by atoms with Gasteiger partial charge in [-0.1, -0.05) is 100.0 Å². The number of hydrogen-bond donors (Lipinski definition) is 2. The van der Waals surface area contributed by atoms with Gasteiger partial charge in [0.15, 0.2) is 0 Å². The third-order valence-corrected chi connectivity index (χ3v) is 9.52. The number of rotatable bonds is 14. The number of nitrogens with zero attached hydrogens (tertiary/aromatic N) is 1. The Hall–Kier alpha value is -3.24. The molecule has 3 amide bonds. The zero-order chi connectivity index (χ0) is 33.1. The van der Waals surface area contributed by atoms with Crippen LogP contribution in [0.25, 0.3) is 0 Å². The molecule has 0 aromatic heterocycles. The van der Waals surface area contributed by atoms with Crippen LogP contribution in [0.15, 0.2) is 84.9 Å². The number of hydroxylamine groups is 1. The van der Waals surface area contributed by atoms with E-state index in [0.717, 1.165) is 39.5 Å². The first-order valence-electron chi connectivity index (χ1n) is 16.5. The number of carbonyl (C=O) groups excluding carboxylic acids is 3. The fourth-order valence-electron chi connectivity index (χ4n) is 6.34. The van der Waals surface area contributed by atoms with Crippen LogP contribution >= 0.6 is 22.6 Å². The van der Waals surface area contributed by atoms with Crippen molar-refractivity contribution in [1.82, 2.24) is 15.7 Å². The second kappa shape index (κ2) is 17.1.